The maximum absolute atomic E-state index is 10.9. The summed E-state index contributed by atoms with van der Waals surface area (Å²) in [5, 5.41) is 10.9. The average molecular weight is 315 g/mol. The highest BCUT2D eigenvalue weighted by atomic mass is 35.5. The Hall–Kier alpha value is -1.33. The third kappa shape index (κ3) is 5.17. The maximum Gasteiger partial charge on any atom is 0.310 e. The highest BCUT2D eigenvalue weighted by molar-refractivity contribution is 5.85. The van der Waals surface area contributed by atoms with Gasteiger partial charge in [0, 0.05) is 12.6 Å². The van der Waals surface area contributed by atoms with Crippen LogP contribution in [-0.4, -0.2) is 36.1 Å². The first kappa shape index (κ1) is 17.7. The molecule has 0 unspecified atom stereocenters. The number of hydrogen-bond acceptors (Lipinski definition) is 4. The Balaban J connectivity index is 0.00000220. The molecule has 0 bridgehead atoms. The molecule has 0 radical (unpaired) electrons. The van der Waals surface area contributed by atoms with Gasteiger partial charge < -0.3 is 4.74 Å². The minimum atomic E-state index is -0.392. The number of rotatable bonds is 5. The SMILES string of the molecule is Cc1ccc([N+](=O)[O-])c(OCCN2CCC(C)CC2)c1.Cl. The van der Waals surface area contributed by atoms with E-state index in [0.717, 1.165) is 31.1 Å². The molecule has 118 valence electrons. The summed E-state index contributed by atoms with van der Waals surface area (Å²) < 4.78 is 5.63. The van der Waals surface area contributed by atoms with Gasteiger partial charge in [0.2, 0.25) is 0 Å². The van der Waals surface area contributed by atoms with Gasteiger partial charge in [-0.2, -0.15) is 0 Å². The molecule has 0 aromatic heterocycles. The van der Waals surface area contributed by atoms with Crippen LogP contribution in [0.2, 0.25) is 0 Å². The number of nitrogens with zero attached hydrogens (tertiary/aromatic N) is 2. The topological polar surface area (TPSA) is 55.6 Å². The summed E-state index contributed by atoms with van der Waals surface area (Å²) in [5.74, 6) is 1.19. The van der Waals surface area contributed by atoms with Gasteiger partial charge in [0.1, 0.15) is 6.61 Å². The Morgan fingerprint density at radius 1 is 1.38 bits per heavy atom. The van der Waals surface area contributed by atoms with Gasteiger partial charge in [-0.05, 0) is 50.4 Å². The molecule has 0 saturated carbocycles. The summed E-state index contributed by atoms with van der Waals surface area (Å²) in [5.41, 5.74) is 1.01. The van der Waals surface area contributed by atoms with Crippen LogP contribution >= 0.6 is 12.4 Å². The van der Waals surface area contributed by atoms with Crippen LogP contribution in [0.15, 0.2) is 18.2 Å². The molecule has 1 fully saturated rings. The van der Waals surface area contributed by atoms with Gasteiger partial charge in [-0.1, -0.05) is 13.0 Å². The molecular weight excluding hydrogens is 292 g/mol. The Labute approximate surface area is 131 Å². The lowest BCUT2D eigenvalue weighted by Gasteiger charge is -2.29. The van der Waals surface area contributed by atoms with E-state index in [1.165, 1.54) is 18.9 Å². The summed E-state index contributed by atoms with van der Waals surface area (Å²) in [6, 6.07) is 4.97. The average Bonchev–Trinajstić information content (AvgIpc) is 2.41. The van der Waals surface area contributed by atoms with Crippen LogP contribution in [0.25, 0.3) is 0 Å². The molecular formula is C15H23ClN2O3. The van der Waals surface area contributed by atoms with Crippen molar-refractivity contribution < 1.29 is 9.66 Å². The van der Waals surface area contributed by atoms with Crippen LogP contribution in [0.5, 0.6) is 5.75 Å². The van der Waals surface area contributed by atoms with E-state index in [2.05, 4.69) is 11.8 Å². The van der Waals surface area contributed by atoms with Gasteiger partial charge in [0.15, 0.2) is 5.75 Å². The quantitative estimate of drug-likeness (QED) is 0.617. The third-order valence-corrected chi connectivity index (χ3v) is 3.85. The lowest BCUT2D eigenvalue weighted by Crippen LogP contribution is -2.35. The van der Waals surface area contributed by atoms with Gasteiger partial charge in [-0.25, -0.2) is 0 Å². The van der Waals surface area contributed by atoms with Gasteiger partial charge in [0.05, 0.1) is 4.92 Å². The smallest absolute Gasteiger partial charge is 0.310 e. The zero-order valence-corrected chi connectivity index (χ0v) is 13.4. The standard InChI is InChI=1S/C15H22N2O3.ClH/c1-12-5-7-16(8-6-12)9-10-20-15-11-13(2)3-4-14(15)17(18)19;/h3-4,11-12H,5-10H2,1-2H3;1H. The Morgan fingerprint density at radius 2 is 2.05 bits per heavy atom. The third-order valence-electron chi connectivity index (χ3n) is 3.85. The molecule has 0 N–H and O–H groups in total. The Morgan fingerprint density at radius 3 is 2.67 bits per heavy atom. The van der Waals surface area contributed by atoms with Gasteiger partial charge >= 0.3 is 5.69 Å². The first-order chi connectivity index (χ1) is 9.56. The van der Waals surface area contributed by atoms with Crippen molar-refractivity contribution in [1.29, 1.82) is 0 Å². The molecule has 5 nitrogen and oxygen atoms in total. The molecule has 6 heteroatoms. The van der Waals surface area contributed by atoms with E-state index in [-0.39, 0.29) is 18.1 Å². The van der Waals surface area contributed by atoms with E-state index in [0.29, 0.717) is 12.4 Å². The number of nitro benzene ring substituents is 1. The van der Waals surface area contributed by atoms with E-state index >= 15 is 0 Å². The molecule has 0 spiro atoms. The van der Waals surface area contributed by atoms with Crippen LogP contribution in [0, 0.1) is 23.0 Å². The van der Waals surface area contributed by atoms with Crippen LogP contribution in [-0.2, 0) is 0 Å². The van der Waals surface area contributed by atoms with Gasteiger partial charge in [-0.15, -0.1) is 12.4 Å². The summed E-state index contributed by atoms with van der Waals surface area (Å²) in [7, 11) is 0. The number of hydrogen-bond donors (Lipinski definition) is 0. The molecule has 1 heterocycles. The number of benzene rings is 1. The molecule has 21 heavy (non-hydrogen) atoms. The van der Waals surface area contributed by atoms with E-state index in [9.17, 15) is 10.1 Å². The van der Waals surface area contributed by atoms with E-state index in [4.69, 9.17) is 4.74 Å². The fourth-order valence-corrected chi connectivity index (χ4v) is 2.46. The summed E-state index contributed by atoms with van der Waals surface area (Å²) in [6.07, 6.45) is 2.45. The summed E-state index contributed by atoms with van der Waals surface area (Å²) in [4.78, 5) is 12.9. The minimum absolute atomic E-state index is 0. The largest absolute Gasteiger partial charge is 0.485 e. The molecule has 0 atom stereocenters. The van der Waals surface area contributed by atoms with Crippen molar-refractivity contribution >= 4 is 18.1 Å². The van der Waals surface area contributed by atoms with Gasteiger partial charge in [0.25, 0.3) is 0 Å². The molecule has 1 aromatic carbocycles. The molecule has 1 aliphatic rings. The van der Waals surface area contributed by atoms with Crippen molar-refractivity contribution in [1.82, 2.24) is 4.90 Å². The fourth-order valence-electron chi connectivity index (χ4n) is 2.46. The zero-order chi connectivity index (χ0) is 14.5. The van der Waals surface area contributed by atoms with E-state index in [1.807, 2.05) is 6.92 Å². The first-order valence-corrected chi connectivity index (χ1v) is 7.16. The molecule has 1 saturated heterocycles. The lowest BCUT2D eigenvalue weighted by atomic mass is 9.99. The first-order valence-electron chi connectivity index (χ1n) is 7.16. The Bertz CT molecular complexity index is 474. The van der Waals surface area contributed by atoms with Crippen LogP contribution < -0.4 is 4.74 Å². The van der Waals surface area contributed by atoms with Crippen molar-refractivity contribution in [2.75, 3.05) is 26.2 Å². The number of nitro groups is 1. The second-order valence-corrected chi connectivity index (χ2v) is 5.60. The highest BCUT2D eigenvalue weighted by Crippen LogP contribution is 2.27. The fraction of sp³-hybridized carbons (Fsp3) is 0.600. The van der Waals surface area contributed by atoms with Crippen LogP contribution in [0.3, 0.4) is 0 Å². The second kappa shape index (κ2) is 8.20. The number of ether oxygens (including phenoxy) is 1. The summed E-state index contributed by atoms with van der Waals surface area (Å²) in [6.45, 7) is 7.71. The van der Waals surface area contributed by atoms with Crippen molar-refractivity contribution in [3.8, 4) is 5.75 Å². The molecule has 0 amide bonds. The highest BCUT2D eigenvalue weighted by Gasteiger charge is 2.17. The van der Waals surface area contributed by atoms with Crippen molar-refractivity contribution in [3.63, 3.8) is 0 Å². The number of halogens is 1. The van der Waals surface area contributed by atoms with Crippen molar-refractivity contribution in [2.24, 2.45) is 5.92 Å². The number of likely N-dealkylation sites (tertiary alicyclic amines) is 1. The second-order valence-electron chi connectivity index (χ2n) is 5.60. The predicted octanol–water partition coefficient (Wildman–Crippen LogP) is 3.44. The Kier molecular flexibility index (Phi) is 6.92. The maximum atomic E-state index is 10.9. The normalized spacial score (nSPS) is 16.3. The zero-order valence-electron chi connectivity index (χ0n) is 12.6. The van der Waals surface area contributed by atoms with Crippen molar-refractivity contribution in [2.45, 2.75) is 26.7 Å². The molecule has 1 aliphatic heterocycles. The minimum Gasteiger partial charge on any atom is -0.485 e. The number of piperidine rings is 1. The van der Waals surface area contributed by atoms with Gasteiger partial charge in [-0.3, -0.25) is 15.0 Å². The molecule has 2 rings (SSSR count). The molecule has 1 aromatic rings. The van der Waals surface area contributed by atoms with Crippen LogP contribution in [0.1, 0.15) is 25.3 Å². The van der Waals surface area contributed by atoms with E-state index < -0.39 is 4.92 Å². The molecule has 0 aliphatic carbocycles. The monoisotopic (exact) mass is 314 g/mol. The number of aryl methyl sites for hydroxylation is 1. The predicted molar refractivity (Wildman–Crippen MR) is 85.4 cm³/mol. The summed E-state index contributed by atoms with van der Waals surface area (Å²) >= 11 is 0. The van der Waals surface area contributed by atoms with E-state index in [1.54, 1.807) is 12.1 Å². The lowest BCUT2D eigenvalue weighted by molar-refractivity contribution is -0.385. The van der Waals surface area contributed by atoms with Crippen LogP contribution in [0.4, 0.5) is 5.69 Å². The van der Waals surface area contributed by atoms with Crippen molar-refractivity contribution in [3.05, 3.63) is 33.9 Å².